The molecule has 0 spiro atoms. The first kappa shape index (κ1) is 15.9. The minimum absolute atomic E-state index is 0.0706. The number of hydrogen-bond acceptors (Lipinski definition) is 2. The highest BCUT2D eigenvalue weighted by Gasteiger charge is 2.35. The van der Waals surface area contributed by atoms with Crippen LogP contribution < -0.4 is 11.3 Å². The van der Waals surface area contributed by atoms with Crippen molar-refractivity contribution < 1.29 is 17.6 Å². The van der Waals surface area contributed by atoms with Crippen molar-refractivity contribution in [1.29, 1.82) is 0 Å². The lowest BCUT2D eigenvalue weighted by Crippen LogP contribution is -2.31. The molecule has 0 aromatic heterocycles. The predicted molar refractivity (Wildman–Crippen MR) is 74.7 cm³/mol. The molecule has 0 saturated heterocycles. The molecule has 0 aliphatic heterocycles. The van der Waals surface area contributed by atoms with Crippen molar-refractivity contribution in [2.24, 2.45) is 5.84 Å². The zero-order valence-corrected chi connectivity index (χ0v) is 12.2. The molecule has 1 unspecified atom stereocenters. The molecule has 2 nitrogen and oxygen atoms in total. The van der Waals surface area contributed by atoms with E-state index in [2.05, 4.69) is 21.4 Å². The average Bonchev–Trinajstić information content (AvgIpc) is 2.44. The molecule has 0 aliphatic rings. The summed E-state index contributed by atoms with van der Waals surface area (Å²) in [6.07, 6.45) is -4.52. The van der Waals surface area contributed by atoms with E-state index in [1.165, 1.54) is 36.4 Å². The highest BCUT2D eigenvalue weighted by molar-refractivity contribution is 9.10. The lowest BCUT2D eigenvalue weighted by atomic mass is 9.94. The summed E-state index contributed by atoms with van der Waals surface area (Å²) < 4.78 is 52.9. The number of alkyl halides is 3. The molecule has 0 fully saturated rings. The Bertz CT molecular complexity index is 643. The largest absolute Gasteiger partial charge is 0.416 e. The first-order valence-corrected chi connectivity index (χ1v) is 6.71. The minimum atomic E-state index is -4.52. The van der Waals surface area contributed by atoms with Crippen LogP contribution in [0.25, 0.3) is 0 Å². The van der Waals surface area contributed by atoms with Crippen molar-refractivity contribution in [2.75, 3.05) is 0 Å². The van der Waals surface area contributed by atoms with E-state index in [-0.39, 0.29) is 15.6 Å². The normalized spacial score (nSPS) is 13.2. The van der Waals surface area contributed by atoms with Gasteiger partial charge in [-0.05, 0) is 39.2 Å². The number of hydrogen-bond donors (Lipinski definition) is 2. The summed E-state index contributed by atoms with van der Waals surface area (Å²) >= 11 is 3.04. The van der Waals surface area contributed by atoms with E-state index in [1.807, 2.05) is 0 Å². The first-order chi connectivity index (χ1) is 9.86. The Kier molecular flexibility index (Phi) is 4.65. The van der Waals surface area contributed by atoms with E-state index in [1.54, 1.807) is 0 Å². The van der Waals surface area contributed by atoms with E-state index in [0.717, 1.165) is 6.07 Å². The van der Waals surface area contributed by atoms with Gasteiger partial charge in [0, 0.05) is 0 Å². The second kappa shape index (κ2) is 6.13. The maximum Gasteiger partial charge on any atom is 0.416 e. The van der Waals surface area contributed by atoms with E-state index in [9.17, 15) is 17.6 Å². The summed E-state index contributed by atoms with van der Waals surface area (Å²) in [6, 6.07) is 8.17. The summed E-state index contributed by atoms with van der Waals surface area (Å²) in [5.74, 6) is 4.84. The van der Waals surface area contributed by atoms with Gasteiger partial charge in [-0.15, -0.1) is 0 Å². The molecular formula is C14H11BrF4N2. The van der Waals surface area contributed by atoms with Crippen LogP contribution in [0.3, 0.4) is 0 Å². The van der Waals surface area contributed by atoms with Gasteiger partial charge in [-0.1, -0.05) is 30.3 Å². The zero-order chi connectivity index (χ0) is 15.6. The maximum atomic E-state index is 13.6. The quantitative estimate of drug-likeness (QED) is 0.488. The maximum absolute atomic E-state index is 13.6. The number of halogens is 5. The summed E-state index contributed by atoms with van der Waals surface area (Å²) in [6.45, 7) is 0. The van der Waals surface area contributed by atoms with Crippen molar-refractivity contribution in [3.63, 3.8) is 0 Å². The van der Waals surface area contributed by atoms with Crippen LogP contribution in [0.4, 0.5) is 17.6 Å². The van der Waals surface area contributed by atoms with Gasteiger partial charge < -0.3 is 0 Å². The monoisotopic (exact) mass is 362 g/mol. The van der Waals surface area contributed by atoms with E-state index in [4.69, 9.17) is 5.84 Å². The molecule has 2 rings (SSSR count). The summed E-state index contributed by atoms with van der Waals surface area (Å²) in [5, 5.41) is 0. The molecule has 0 aliphatic carbocycles. The third-order valence-corrected chi connectivity index (χ3v) is 3.87. The number of hydrazine groups is 1. The molecule has 0 radical (unpaired) electrons. The van der Waals surface area contributed by atoms with Gasteiger partial charge in [0.05, 0.1) is 16.1 Å². The fourth-order valence-electron chi connectivity index (χ4n) is 2.10. The molecule has 2 aromatic carbocycles. The standard InChI is InChI=1S/C14H11BrF4N2/c15-12-9(5-3-7-11(12)16)13(21-20)8-4-1-2-6-10(8)14(17,18)19/h1-7,13,21H,20H2. The SMILES string of the molecule is NNC(c1ccccc1C(F)(F)F)c1cccc(F)c1Br. The van der Waals surface area contributed by atoms with Crippen molar-refractivity contribution in [3.8, 4) is 0 Å². The minimum Gasteiger partial charge on any atom is -0.271 e. The van der Waals surface area contributed by atoms with Crippen molar-refractivity contribution >= 4 is 15.9 Å². The third-order valence-electron chi connectivity index (χ3n) is 3.04. The second-order valence-electron chi connectivity index (χ2n) is 4.33. The number of rotatable bonds is 3. The van der Waals surface area contributed by atoms with Crippen LogP contribution in [0, 0.1) is 5.82 Å². The summed E-state index contributed by atoms with van der Waals surface area (Å²) in [5.41, 5.74) is 1.72. The molecule has 112 valence electrons. The molecule has 2 aromatic rings. The first-order valence-electron chi connectivity index (χ1n) is 5.92. The van der Waals surface area contributed by atoms with Crippen molar-refractivity contribution in [3.05, 3.63) is 69.4 Å². The van der Waals surface area contributed by atoms with Gasteiger partial charge in [0.1, 0.15) is 5.82 Å². The Labute approximate surface area is 127 Å². The van der Waals surface area contributed by atoms with Crippen LogP contribution in [0.5, 0.6) is 0 Å². The Morgan fingerprint density at radius 1 is 1.00 bits per heavy atom. The predicted octanol–water partition coefficient (Wildman–Crippen LogP) is 4.16. The summed E-state index contributed by atoms with van der Waals surface area (Å²) in [4.78, 5) is 0. The molecule has 1 atom stereocenters. The lowest BCUT2D eigenvalue weighted by Gasteiger charge is -2.22. The van der Waals surface area contributed by atoms with E-state index < -0.39 is 23.6 Å². The molecule has 0 heterocycles. The zero-order valence-electron chi connectivity index (χ0n) is 10.6. The number of benzene rings is 2. The Morgan fingerprint density at radius 2 is 1.62 bits per heavy atom. The van der Waals surface area contributed by atoms with Crippen LogP contribution in [0.1, 0.15) is 22.7 Å². The van der Waals surface area contributed by atoms with Gasteiger partial charge in [0.15, 0.2) is 0 Å². The molecular weight excluding hydrogens is 352 g/mol. The van der Waals surface area contributed by atoms with Gasteiger partial charge in [-0.25, -0.2) is 9.82 Å². The molecule has 0 amide bonds. The van der Waals surface area contributed by atoms with Crippen LogP contribution in [-0.2, 0) is 6.18 Å². The van der Waals surface area contributed by atoms with Gasteiger partial charge in [-0.2, -0.15) is 13.2 Å². The summed E-state index contributed by atoms with van der Waals surface area (Å²) in [7, 11) is 0. The van der Waals surface area contributed by atoms with Gasteiger partial charge in [0.25, 0.3) is 0 Å². The van der Waals surface area contributed by atoms with Crippen LogP contribution in [-0.4, -0.2) is 0 Å². The highest BCUT2D eigenvalue weighted by Crippen LogP contribution is 2.38. The van der Waals surface area contributed by atoms with Crippen molar-refractivity contribution in [2.45, 2.75) is 12.2 Å². The van der Waals surface area contributed by atoms with Crippen LogP contribution in [0.15, 0.2) is 46.9 Å². The van der Waals surface area contributed by atoms with Gasteiger partial charge >= 0.3 is 6.18 Å². The van der Waals surface area contributed by atoms with E-state index >= 15 is 0 Å². The smallest absolute Gasteiger partial charge is 0.271 e. The second-order valence-corrected chi connectivity index (χ2v) is 5.12. The molecule has 0 bridgehead atoms. The van der Waals surface area contributed by atoms with Gasteiger partial charge in [-0.3, -0.25) is 5.84 Å². The Morgan fingerprint density at radius 3 is 2.24 bits per heavy atom. The fraction of sp³-hybridized carbons (Fsp3) is 0.143. The number of nitrogens with two attached hydrogens (primary N) is 1. The third kappa shape index (κ3) is 3.25. The highest BCUT2D eigenvalue weighted by atomic mass is 79.9. The number of nitrogens with one attached hydrogen (secondary N) is 1. The average molecular weight is 363 g/mol. The van der Waals surface area contributed by atoms with E-state index in [0.29, 0.717) is 0 Å². The fourth-order valence-corrected chi connectivity index (χ4v) is 2.59. The van der Waals surface area contributed by atoms with Crippen molar-refractivity contribution in [1.82, 2.24) is 5.43 Å². The Balaban J connectivity index is 2.60. The molecule has 21 heavy (non-hydrogen) atoms. The lowest BCUT2D eigenvalue weighted by molar-refractivity contribution is -0.138. The Hall–Kier alpha value is -1.44. The van der Waals surface area contributed by atoms with Gasteiger partial charge in [0.2, 0.25) is 0 Å². The molecule has 3 N–H and O–H groups in total. The molecule has 0 saturated carbocycles. The molecule has 7 heteroatoms. The van der Waals surface area contributed by atoms with Crippen LogP contribution in [0.2, 0.25) is 0 Å². The van der Waals surface area contributed by atoms with Crippen LogP contribution >= 0.6 is 15.9 Å². The topological polar surface area (TPSA) is 38.0 Å².